The number of hydrogen-bond acceptors (Lipinski definition) is 5. The highest BCUT2D eigenvalue weighted by Gasteiger charge is 2.25. The Balaban J connectivity index is 1.91. The van der Waals surface area contributed by atoms with Crippen molar-refractivity contribution in [3.63, 3.8) is 0 Å². The summed E-state index contributed by atoms with van der Waals surface area (Å²) in [5.74, 6) is -1.93. The van der Waals surface area contributed by atoms with Crippen LogP contribution in [0.25, 0.3) is 0 Å². The minimum absolute atomic E-state index is 0.179. The third-order valence-electron chi connectivity index (χ3n) is 3.71. The molecule has 1 aliphatic rings. The number of nitrogens with zero attached hydrogens (tertiary/aromatic N) is 2. The van der Waals surface area contributed by atoms with Crippen molar-refractivity contribution in [2.75, 3.05) is 37.6 Å². The summed E-state index contributed by atoms with van der Waals surface area (Å²) in [5.41, 5.74) is 5.98. The quantitative estimate of drug-likeness (QED) is 0.773. The molecule has 0 aromatic heterocycles. The van der Waals surface area contributed by atoms with Gasteiger partial charge in [-0.15, -0.1) is 0 Å². The van der Waals surface area contributed by atoms with Crippen molar-refractivity contribution >= 4 is 17.4 Å². The highest BCUT2D eigenvalue weighted by atomic mass is 19.1. The maximum Gasteiger partial charge on any atom is 0.290 e. The molecule has 0 radical (unpaired) electrons. The number of rotatable bonds is 5. The third-order valence-corrected chi connectivity index (χ3v) is 3.71. The molecule has 0 unspecified atom stereocenters. The number of phenolic OH excluding ortho intramolecular Hbond substituents is 1. The Morgan fingerprint density at radius 3 is 2.50 bits per heavy atom. The number of amides is 1. The van der Waals surface area contributed by atoms with E-state index in [0.29, 0.717) is 44.8 Å². The van der Waals surface area contributed by atoms with Gasteiger partial charge in [0.25, 0.3) is 5.91 Å². The van der Waals surface area contributed by atoms with Crippen LogP contribution in [0.15, 0.2) is 18.2 Å². The van der Waals surface area contributed by atoms with E-state index in [9.17, 15) is 19.1 Å². The zero-order chi connectivity index (χ0) is 16.1. The van der Waals surface area contributed by atoms with Gasteiger partial charge in [0.1, 0.15) is 0 Å². The van der Waals surface area contributed by atoms with Crippen LogP contribution in [0.2, 0.25) is 0 Å². The predicted molar refractivity (Wildman–Crippen MR) is 80.2 cm³/mol. The van der Waals surface area contributed by atoms with Gasteiger partial charge in [0.05, 0.1) is 0 Å². The first-order valence-corrected chi connectivity index (χ1v) is 7.28. The Morgan fingerprint density at radius 1 is 1.23 bits per heavy atom. The summed E-state index contributed by atoms with van der Waals surface area (Å²) in [6.45, 7) is 2.24. The van der Waals surface area contributed by atoms with Gasteiger partial charge in [0.2, 0.25) is 5.78 Å². The molecule has 0 saturated carbocycles. The predicted octanol–water partition coefficient (Wildman–Crippen LogP) is 0.488. The normalized spacial score (nSPS) is 15.0. The molecular weight excluding hydrogens is 289 g/mol. The second-order valence-electron chi connectivity index (χ2n) is 5.23. The number of Topliss-reactive ketones (excluding diaryl/α,β-unsaturated/α-hetero) is 1. The molecule has 1 aromatic rings. The van der Waals surface area contributed by atoms with Gasteiger partial charge >= 0.3 is 0 Å². The standard InChI is InChI=1S/C15H20FN3O3/c16-12-10-11(3-4-13(12)20)18-6-8-19(9-7-18)15(22)14(21)2-1-5-17/h3-4,10,20H,1-2,5-9,17H2. The van der Waals surface area contributed by atoms with Crippen molar-refractivity contribution in [1.82, 2.24) is 4.90 Å². The number of piperazine rings is 1. The number of halogens is 1. The van der Waals surface area contributed by atoms with Gasteiger partial charge < -0.3 is 20.6 Å². The van der Waals surface area contributed by atoms with Crippen LogP contribution in [-0.2, 0) is 9.59 Å². The van der Waals surface area contributed by atoms with Gasteiger partial charge in [0, 0.05) is 44.4 Å². The minimum Gasteiger partial charge on any atom is -0.505 e. The first kappa shape index (κ1) is 16.2. The van der Waals surface area contributed by atoms with Crippen LogP contribution >= 0.6 is 0 Å². The molecular formula is C15H20FN3O3. The van der Waals surface area contributed by atoms with Crippen LogP contribution in [0.1, 0.15) is 12.8 Å². The van der Waals surface area contributed by atoms with Crippen molar-refractivity contribution in [1.29, 1.82) is 0 Å². The Labute approximate surface area is 128 Å². The summed E-state index contributed by atoms with van der Waals surface area (Å²) in [5, 5.41) is 9.20. The van der Waals surface area contributed by atoms with E-state index in [4.69, 9.17) is 5.73 Å². The van der Waals surface area contributed by atoms with Crippen LogP contribution in [0.5, 0.6) is 5.75 Å². The summed E-state index contributed by atoms with van der Waals surface area (Å²) >= 11 is 0. The summed E-state index contributed by atoms with van der Waals surface area (Å²) in [6, 6.07) is 4.19. The van der Waals surface area contributed by atoms with E-state index in [2.05, 4.69) is 0 Å². The highest BCUT2D eigenvalue weighted by Crippen LogP contribution is 2.23. The number of carbonyl (C=O) groups is 2. The number of anilines is 1. The van der Waals surface area contributed by atoms with Crippen LogP contribution in [-0.4, -0.2) is 54.4 Å². The fourth-order valence-corrected chi connectivity index (χ4v) is 2.41. The number of carbonyl (C=O) groups excluding carboxylic acids is 2. The first-order valence-electron chi connectivity index (χ1n) is 7.28. The van der Waals surface area contributed by atoms with Crippen molar-refractivity contribution in [2.45, 2.75) is 12.8 Å². The zero-order valence-corrected chi connectivity index (χ0v) is 12.3. The van der Waals surface area contributed by atoms with E-state index in [0.717, 1.165) is 0 Å². The second-order valence-corrected chi connectivity index (χ2v) is 5.23. The number of hydrogen-bond donors (Lipinski definition) is 2. The van der Waals surface area contributed by atoms with Crippen molar-refractivity contribution < 1.29 is 19.1 Å². The summed E-state index contributed by atoms with van der Waals surface area (Å²) < 4.78 is 13.4. The van der Waals surface area contributed by atoms with Gasteiger partial charge in [0.15, 0.2) is 11.6 Å². The lowest BCUT2D eigenvalue weighted by Gasteiger charge is -2.35. The number of phenols is 1. The van der Waals surface area contributed by atoms with Crippen LogP contribution in [0.3, 0.4) is 0 Å². The smallest absolute Gasteiger partial charge is 0.290 e. The first-order chi connectivity index (χ1) is 10.5. The molecule has 0 bridgehead atoms. The van der Waals surface area contributed by atoms with E-state index in [1.165, 1.54) is 17.0 Å². The molecule has 6 nitrogen and oxygen atoms in total. The van der Waals surface area contributed by atoms with Crippen LogP contribution < -0.4 is 10.6 Å². The maximum absolute atomic E-state index is 13.4. The molecule has 1 heterocycles. The van der Waals surface area contributed by atoms with Crippen LogP contribution in [0.4, 0.5) is 10.1 Å². The Bertz CT molecular complexity index is 557. The number of benzene rings is 1. The van der Waals surface area contributed by atoms with Gasteiger partial charge in [-0.05, 0) is 25.1 Å². The average molecular weight is 309 g/mol. The van der Waals surface area contributed by atoms with E-state index in [1.54, 1.807) is 6.07 Å². The lowest BCUT2D eigenvalue weighted by molar-refractivity contribution is -0.144. The molecule has 1 amide bonds. The van der Waals surface area contributed by atoms with E-state index < -0.39 is 17.5 Å². The molecule has 1 aromatic carbocycles. The Kier molecular flexibility index (Phi) is 5.32. The number of ketones is 1. The largest absolute Gasteiger partial charge is 0.505 e. The average Bonchev–Trinajstić information content (AvgIpc) is 2.54. The fourth-order valence-electron chi connectivity index (χ4n) is 2.41. The molecule has 0 atom stereocenters. The number of nitrogens with two attached hydrogens (primary N) is 1. The molecule has 120 valence electrons. The molecule has 0 aliphatic carbocycles. The molecule has 0 spiro atoms. The fraction of sp³-hybridized carbons (Fsp3) is 0.467. The van der Waals surface area contributed by atoms with E-state index in [-0.39, 0.29) is 12.2 Å². The third kappa shape index (κ3) is 3.73. The highest BCUT2D eigenvalue weighted by molar-refractivity contribution is 6.36. The summed E-state index contributed by atoms with van der Waals surface area (Å²) in [4.78, 5) is 27.1. The van der Waals surface area contributed by atoms with Gasteiger partial charge in [-0.3, -0.25) is 9.59 Å². The maximum atomic E-state index is 13.4. The summed E-state index contributed by atoms with van der Waals surface area (Å²) in [6.07, 6.45) is 0.691. The van der Waals surface area contributed by atoms with Crippen LogP contribution in [0, 0.1) is 5.82 Å². The number of aromatic hydroxyl groups is 1. The SMILES string of the molecule is NCCCC(=O)C(=O)N1CCN(c2ccc(O)c(F)c2)CC1. The van der Waals surface area contributed by atoms with Gasteiger partial charge in [-0.25, -0.2) is 4.39 Å². The zero-order valence-electron chi connectivity index (χ0n) is 12.3. The van der Waals surface area contributed by atoms with Gasteiger partial charge in [-0.1, -0.05) is 0 Å². The molecule has 7 heteroatoms. The van der Waals surface area contributed by atoms with Crippen molar-refractivity contribution in [3.8, 4) is 5.75 Å². The van der Waals surface area contributed by atoms with Crippen molar-refractivity contribution in [2.24, 2.45) is 5.73 Å². The molecule has 1 fully saturated rings. The Morgan fingerprint density at radius 2 is 1.91 bits per heavy atom. The Hall–Kier alpha value is -2.15. The van der Waals surface area contributed by atoms with E-state index in [1.807, 2.05) is 4.90 Å². The monoisotopic (exact) mass is 309 g/mol. The second kappa shape index (κ2) is 7.22. The van der Waals surface area contributed by atoms with Gasteiger partial charge in [-0.2, -0.15) is 0 Å². The molecule has 1 saturated heterocycles. The molecule has 2 rings (SSSR count). The lowest BCUT2D eigenvalue weighted by atomic mass is 10.1. The molecule has 1 aliphatic heterocycles. The van der Waals surface area contributed by atoms with Crippen molar-refractivity contribution in [3.05, 3.63) is 24.0 Å². The molecule has 22 heavy (non-hydrogen) atoms. The lowest BCUT2D eigenvalue weighted by Crippen LogP contribution is -2.50. The minimum atomic E-state index is -0.673. The topological polar surface area (TPSA) is 86.9 Å². The summed E-state index contributed by atoms with van der Waals surface area (Å²) in [7, 11) is 0. The molecule has 3 N–H and O–H groups in total. The van der Waals surface area contributed by atoms with E-state index >= 15 is 0 Å².